The van der Waals surface area contributed by atoms with E-state index in [1.807, 2.05) is 0 Å². The van der Waals surface area contributed by atoms with Gasteiger partial charge in [0.25, 0.3) is 5.56 Å². The number of carbonyl (C=O) groups is 1. The first kappa shape index (κ1) is 9.39. The van der Waals surface area contributed by atoms with Gasteiger partial charge in [-0.15, -0.1) is 0 Å². The molecule has 0 radical (unpaired) electrons. The molecule has 0 amide bonds. The zero-order chi connectivity index (χ0) is 10.8. The molecule has 0 unspecified atom stereocenters. The van der Waals surface area contributed by atoms with Gasteiger partial charge in [0.15, 0.2) is 0 Å². The summed E-state index contributed by atoms with van der Waals surface area (Å²) in [6.45, 7) is 0. The van der Waals surface area contributed by atoms with Gasteiger partial charge in [-0.3, -0.25) is 4.79 Å². The lowest BCUT2D eigenvalue weighted by atomic mass is 10.1. The van der Waals surface area contributed by atoms with Crippen LogP contribution in [-0.4, -0.2) is 11.0 Å². The maximum Gasteiger partial charge on any atom is 0.385 e. The van der Waals surface area contributed by atoms with Crippen molar-refractivity contribution in [3.05, 3.63) is 46.2 Å². The van der Waals surface area contributed by atoms with E-state index >= 15 is 0 Å². The van der Waals surface area contributed by atoms with Crippen LogP contribution in [-0.2, 0) is 4.94 Å². The average molecular weight is 207 g/mol. The molecule has 0 aliphatic rings. The van der Waals surface area contributed by atoms with Gasteiger partial charge in [-0.05, 0) is 17.5 Å². The number of halogens is 1. The van der Waals surface area contributed by atoms with Crippen molar-refractivity contribution in [3.63, 3.8) is 0 Å². The van der Waals surface area contributed by atoms with Crippen LogP contribution in [0.4, 0.5) is 4.53 Å². The number of H-pyrrole nitrogens is 1. The van der Waals surface area contributed by atoms with Crippen LogP contribution in [0.25, 0.3) is 10.9 Å². The number of aromatic amines is 1. The topological polar surface area (TPSA) is 59.2 Å². The van der Waals surface area contributed by atoms with Gasteiger partial charge >= 0.3 is 5.97 Å². The Morgan fingerprint density at radius 1 is 1.33 bits per heavy atom. The molecule has 5 heteroatoms. The monoisotopic (exact) mass is 207 g/mol. The number of carbonyl (C=O) groups excluding carboxylic acids is 1. The number of hydrogen-bond donors (Lipinski definition) is 1. The summed E-state index contributed by atoms with van der Waals surface area (Å²) >= 11 is 0. The lowest BCUT2D eigenvalue weighted by molar-refractivity contribution is -0.0789. The summed E-state index contributed by atoms with van der Waals surface area (Å²) in [5, 5.41) is 0.637. The summed E-state index contributed by atoms with van der Waals surface area (Å²) in [7, 11) is 0. The SMILES string of the molecule is O=C(OF)c1cc2ccccc2[nH]c1=O. The Labute approximate surface area is 83.2 Å². The Bertz CT molecular complexity index is 576. The fourth-order valence-electron chi connectivity index (χ4n) is 1.34. The largest absolute Gasteiger partial charge is 0.385 e. The van der Waals surface area contributed by atoms with Crippen molar-refractivity contribution < 1.29 is 14.3 Å². The van der Waals surface area contributed by atoms with Crippen molar-refractivity contribution in [2.45, 2.75) is 0 Å². The number of nitrogens with one attached hydrogen (secondary N) is 1. The number of hydrogen-bond acceptors (Lipinski definition) is 3. The summed E-state index contributed by atoms with van der Waals surface area (Å²) in [6, 6.07) is 8.15. The zero-order valence-electron chi connectivity index (χ0n) is 7.49. The molecule has 1 heterocycles. The average Bonchev–Trinajstić information content (AvgIpc) is 2.27. The zero-order valence-corrected chi connectivity index (χ0v) is 7.49. The molecule has 0 aliphatic heterocycles. The van der Waals surface area contributed by atoms with Crippen molar-refractivity contribution in [3.8, 4) is 0 Å². The lowest BCUT2D eigenvalue weighted by Gasteiger charge is -1.98. The Morgan fingerprint density at radius 2 is 2.07 bits per heavy atom. The van der Waals surface area contributed by atoms with Gasteiger partial charge in [0.05, 0.1) is 0 Å². The molecule has 1 N–H and O–H groups in total. The minimum Gasteiger partial charge on any atom is -0.321 e. The van der Waals surface area contributed by atoms with E-state index in [2.05, 4.69) is 9.93 Å². The third-order valence-corrected chi connectivity index (χ3v) is 2.04. The third kappa shape index (κ3) is 1.59. The van der Waals surface area contributed by atoms with Gasteiger partial charge in [-0.1, -0.05) is 18.2 Å². The van der Waals surface area contributed by atoms with E-state index in [4.69, 9.17) is 0 Å². The fourth-order valence-corrected chi connectivity index (χ4v) is 1.34. The molecule has 2 rings (SSSR count). The molecule has 0 atom stereocenters. The fraction of sp³-hybridized carbons (Fsp3) is 0. The number of fused-ring (bicyclic) bond motifs is 1. The van der Waals surface area contributed by atoms with Crippen molar-refractivity contribution in [1.82, 2.24) is 4.98 Å². The predicted octanol–water partition coefficient (Wildman–Crippen LogP) is 1.57. The Hall–Kier alpha value is -2.17. The van der Waals surface area contributed by atoms with Crippen molar-refractivity contribution in [2.75, 3.05) is 0 Å². The normalized spacial score (nSPS) is 10.2. The van der Waals surface area contributed by atoms with Crippen LogP contribution in [0.5, 0.6) is 0 Å². The van der Waals surface area contributed by atoms with E-state index in [0.717, 1.165) is 0 Å². The van der Waals surface area contributed by atoms with Crippen LogP contribution >= 0.6 is 0 Å². The molecular weight excluding hydrogens is 201 g/mol. The van der Waals surface area contributed by atoms with Crippen LogP contribution in [0.2, 0.25) is 0 Å². The molecule has 0 spiro atoms. The van der Waals surface area contributed by atoms with Gasteiger partial charge in [0, 0.05) is 10.0 Å². The molecule has 0 saturated carbocycles. The van der Waals surface area contributed by atoms with E-state index < -0.39 is 11.5 Å². The second-order valence-electron chi connectivity index (χ2n) is 2.96. The summed E-state index contributed by atoms with van der Waals surface area (Å²) in [5.74, 6) is -1.29. The minimum absolute atomic E-state index is 0.351. The molecule has 0 bridgehead atoms. The van der Waals surface area contributed by atoms with Crippen molar-refractivity contribution >= 4 is 16.9 Å². The van der Waals surface area contributed by atoms with Crippen LogP contribution in [0.15, 0.2) is 35.1 Å². The van der Waals surface area contributed by atoms with Crippen LogP contribution in [0.1, 0.15) is 10.4 Å². The molecule has 1 aromatic carbocycles. The molecule has 0 saturated heterocycles. The Kier molecular flexibility index (Phi) is 2.21. The smallest absolute Gasteiger partial charge is 0.321 e. The molecule has 76 valence electrons. The Morgan fingerprint density at radius 3 is 2.80 bits per heavy atom. The van der Waals surface area contributed by atoms with E-state index in [1.165, 1.54) is 6.07 Å². The second kappa shape index (κ2) is 3.53. The summed E-state index contributed by atoms with van der Waals surface area (Å²) in [5.41, 5.74) is -0.439. The summed E-state index contributed by atoms with van der Waals surface area (Å²) in [4.78, 5) is 27.6. The maximum atomic E-state index is 11.7. The molecule has 15 heavy (non-hydrogen) atoms. The van der Waals surface area contributed by atoms with Crippen molar-refractivity contribution in [2.24, 2.45) is 0 Å². The molecule has 4 nitrogen and oxygen atoms in total. The van der Waals surface area contributed by atoms with E-state index in [0.29, 0.717) is 10.9 Å². The van der Waals surface area contributed by atoms with E-state index in [9.17, 15) is 14.1 Å². The molecule has 0 aliphatic carbocycles. The highest BCUT2D eigenvalue weighted by atomic mass is 19.3. The van der Waals surface area contributed by atoms with Crippen LogP contribution in [0, 0.1) is 0 Å². The number of benzene rings is 1. The standard InChI is InChI=1S/C10H6FNO3/c11-15-10(14)7-5-6-3-1-2-4-8(6)12-9(7)13/h1-5H,(H,12,13). The first-order valence-corrected chi connectivity index (χ1v) is 4.17. The number of rotatable bonds is 1. The minimum atomic E-state index is -1.29. The predicted molar refractivity (Wildman–Crippen MR) is 51.1 cm³/mol. The van der Waals surface area contributed by atoms with E-state index in [-0.39, 0.29) is 5.56 Å². The highest BCUT2D eigenvalue weighted by Crippen LogP contribution is 2.10. The number of pyridine rings is 1. The van der Waals surface area contributed by atoms with Gasteiger partial charge in [0.1, 0.15) is 5.56 Å². The molecule has 1 aromatic heterocycles. The van der Waals surface area contributed by atoms with Gasteiger partial charge < -0.3 is 4.98 Å². The van der Waals surface area contributed by atoms with Gasteiger partial charge in [-0.25, -0.2) is 9.74 Å². The van der Waals surface area contributed by atoms with Gasteiger partial charge in [-0.2, -0.15) is 0 Å². The maximum absolute atomic E-state index is 11.7. The Balaban J connectivity index is 2.73. The van der Waals surface area contributed by atoms with Crippen molar-refractivity contribution in [1.29, 1.82) is 0 Å². The molecular formula is C10H6FNO3. The number of aromatic nitrogens is 1. The summed E-state index contributed by atoms with van der Waals surface area (Å²) < 4.78 is 11.7. The lowest BCUT2D eigenvalue weighted by Crippen LogP contribution is -2.17. The first-order valence-electron chi connectivity index (χ1n) is 4.17. The first-order chi connectivity index (χ1) is 7.22. The molecule has 0 fully saturated rings. The van der Waals surface area contributed by atoms with E-state index in [1.54, 1.807) is 24.3 Å². The molecule has 2 aromatic rings. The highest BCUT2D eigenvalue weighted by Gasteiger charge is 2.13. The third-order valence-electron chi connectivity index (χ3n) is 2.04. The van der Waals surface area contributed by atoms with Crippen LogP contribution in [0.3, 0.4) is 0 Å². The highest BCUT2D eigenvalue weighted by molar-refractivity contribution is 5.93. The quantitative estimate of drug-likeness (QED) is 0.772. The number of para-hydroxylation sites is 1. The summed E-state index contributed by atoms with van der Waals surface area (Å²) in [6.07, 6.45) is 0. The second-order valence-corrected chi connectivity index (χ2v) is 2.96. The van der Waals surface area contributed by atoms with Crippen LogP contribution < -0.4 is 5.56 Å². The van der Waals surface area contributed by atoms with Gasteiger partial charge in [0.2, 0.25) is 0 Å².